The van der Waals surface area contributed by atoms with Gasteiger partial charge in [-0.2, -0.15) is 0 Å². The molecule has 0 aromatic carbocycles. The smallest absolute Gasteiger partial charge is 0.0306 e. The second-order valence-corrected chi connectivity index (χ2v) is 1.38. The summed E-state index contributed by atoms with van der Waals surface area (Å²) in [5, 5.41) is 1.69. The van der Waals surface area contributed by atoms with E-state index in [4.69, 9.17) is 5.84 Å². The lowest BCUT2D eigenvalue weighted by atomic mass is 10.6. The van der Waals surface area contributed by atoms with Gasteiger partial charge in [0.25, 0.3) is 0 Å². The zero-order valence-corrected chi connectivity index (χ0v) is 4.72. The highest BCUT2D eigenvalue weighted by Gasteiger charge is 1.84. The highest BCUT2D eigenvalue weighted by molar-refractivity contribution is 4.68. The maximum atomic E-state index is 5.35. The van der Waals surface area contributed by atoms with Crippen LogP contribution in [0.5, 0.6) is 0 Å². The van der Waals surface area contributed by atoms with Crippen molar-refractivity contribution in [3.8, 4) is 0 Å². The van der Waals surface area contributed by atoms with E-state index in [-0.39, 0.29) is 0 Å². The lowest BCUT2D eigenvalue weighted by molar-refractivity contribution is 0.333. The van der Waals surface area contributed by atoms with Gasteiger partial charge in [0.15, 0.2) is 0 Å². The molecular weight excluding hydrogens is 88.1 g/mol. The van der Waals surface area contributed by atoms with E-state index in [0.29, 0.717) is 0 Å². The maximum Gasteiger partial charge on any atom is 0.0306 e. The number of hydrogen-bond acceptors (Lipinski definition) is 2. The topological polar surface area (TPSA) is 29.3 Å². The molecule has 0 aromatic rings. The molecule has 0 saturated carbocycles. The van der Waals surface area contributed by atoms with Crippen molar-refractivity contribution >= 4 is 0 Å². The van der Waals surface area contributed by atoms with Crippen LogP contribution in [0.1, 0.15) is 6.92 Å². The summed E-state index contributed by atoms with van der Waals surface area (Å²) in [4.78, 5) is 0. The van der Waals surface area contributed by atoms with E-state index < -0.39 is 0 Å². The molecule has 0 spiro atoms. The molecule has 0 saturated heterocycles. The van der Waals surface area contributed by atoms with Gasteiger partial charge in [0.2, 0.25) is 0 Å². The van der Waals surface area contributed by atoms with Crippen molar-refractivity contribution in [2.45, 2.75) is 6.92 Å². The van der Waals surface area contributed by atoms with Gasteiger partial charge in [-0.3, -0.25) is 5.84 Å². The fourth-order valence-electron chi connectivity index (χ4n) is 0.295. The minimum atomic E-state index is 0.774. The van der Waals surface area contributed by atoms with Crippen molar-refractivity contribution in [2.75, 3.05) is 13.1 Å². The Balaban J connectivity index is 2.98. The predicted molar refractivity (Wildman–Crippen MR) is 31.6 cm³/mol. The van der Waals surface area contributed by atoms with Crippen LogP contribution in [0.4, 0.5) is 0 Å². The van der Waals surface area contributed by atoms with E-state index in [9.17, 15) is 0 Å². The number of nitrogens with two attached hydrogens (primary N) is 1. The molecule has 0 atom stereocenters. The molecule has 7 heavy (non-hydrogen) atoms. The van der Waals surface area contributed by atoms with Crippen LogP contribution >= 0.6 is 0 Å². The van der Waals surface area contributed by atoms with Crippen LogP contribution in [-0.4, -0.2) is 18.1 Å². The lowest BCUT2D eigenvalue weighted by Gasteiger charge is -2.08. The summed E-state index contributed by atoms with van der Waals surface area (Å²) in [6, 6.07) is 0. The third-order valence-electron chi connectivity index (χ3n) is 0.770. The highest BCUT2D eigenvalue weighted by atomic mass is 15.4. The Bertz CT molecular complexity index is 52.0. The second-order valence-electron chi connectivity index (χ2n) is 1.38. The molecule has 0 aromatic heterocycles. The summed E-state index contributed by atoms with van der Waals surface area (Å²) < 4.78 is 0. The molecule has 0 aliphatic rings. The number of hydrogen-bond donors (Lipinski definition) is 1. The third kappa shape index (κ3) is 3.49. The van der Waals surface area contributed by atoms with Gasteiger partial charge in [0.1, 0.15) is 0 Å². The first-order valence-corrected chi connectivity index (χ1v) is 2.41. The SMILES string of the molecule is C=CCN(N)CC. The zero-order chi connectivity index (χ0) is 5.70. The molecule has 0 unspecified atom stereocenters. The van der Waals surface area contributed by atoms with Gasteiger partial charge in [-0.05, 0) is 0 Å². The normalized spacial score (nSPS) is 9.57. The van der Waals surface area contributed by atoms with Gasteiger partial charge < -0.3 is 0 Å². The van der Waals surface area contributed by atoms with Crippen molar-refractivity contribution in [3.05, 3.63) is 12.7 Å². The molecule has 0 aliphatic carbocycles. The molecule has 0 fully saturated rings. The molecule has 0 bridgehead atoms. The van der Waals surface area contributed by atoms with Crippen LogP contribution in [0.3, 0.4) is 0 Å². The van der Waals surface area contributed by atoms with Crippen LogP contribution in [-0.2, 0) is 0 Å². The second kappa shape index (κ2) is 3.84. The quantitative estimate of drug-likeness (QED) is 0.315. The van der Waals surface area contributed by atoms with Crippen LogP contribution < -0.4 is 5.84 Å². The van der Waals surface area contributed by atoms with Gasteiger partial charge in [0.05, 0.1) is 0 Å². The van der Waals surface area contributed by atoms with Crippen LogP contribution in [0.2, 0.25) is 0 Å². The van der Waals surface area contributed by atoms with E-state index in [2.05, 4.69) is 6.58 Å². The Kier molecular flexibility index (Phi) is 3.65. The van der Waals surface area contributed by atoms with Gasteiger partial charge in [-0.1, -0.05) is 13.0 Å². The summed E-state index contributed by atoms with van der Waals surface area (Å²) in [5.74, 6) is 5.35. The van der Waals surface area contributed by atoms with Gasteiger partial charge >= 0.3 is 0 Å². The van der Waals surface area contributed by atoms with Crippen LogP contribution in [0, 0.1) is 0 Å². The van der Waals surface area contributed by atoms with E-state index in [1.165, 1.54) is 0 Å². The third-order valence-corrected chi connectivity index (χ3v) is 0.770. The van der Waals surface area contributed by atoms with Crippen LogP contribution in [0.15, 0.2) is 12.7 Å². The van der Waals surface area contributed by atoms with E-state index in [0.717, 1.165) is 13.1 Å². The lowest BCUT2D eigenvalue weighted by Crippen LogP contribution is -2.30. The molecule has 2 heteroatoms. The van der Waals surface area contributed by atoms with Gasteiger partial charge in [0, 0.05) is 13.1 Å². The average Bonchev–Trinajstić information content (AvgIpc) is 1.68. The minimum absolute atomic E-state index is 0.774. The summed E-state index contributed by atoms with van der Waals surface area (Å²) >= 11 is 0. The molecule has 0 heterocycles. The summed E-state index contributed by atoms with van der Waals surface area (Å²) in [6.07, 6.45) is 1.78. The molecule has 2 N–H and O–H groups in total. The first kappa shape index (κ1) is 6.66. The highest BCUT2D eigenvalue weighted by Crippen LogP contribution is 1.72. The summed E-state index contributed by atoms with van der Waals surface area (Å²) in [7, 11) is 0. The van der Waals surface area contributed by atoms with Crippen molar-refractivity contribution in [3.63, 3.8) is 0 Å². The number of hydrazine groups is 1. The molecule has 0 radical (unpaired) electrons. The maximum absolute atomic E-state index is 5.35. The van der Waals surface area contributed by atoms with E-state index in [1.807, 2.05) is 6.92 Å². The Morgan fingerprint density at radius 2 is 2.43 bits per heavy atom. The standard InChI is InChI=1S/C5H12N2/c1-3-5-7(6)4-2/h3H,1,4-6H2,2H3. The minimum Gasteiger partial charge on any atom is -0.269 e. The van der Waals surface area contributed by atoms with E-state index in [1.54, 1.807) is 11.1 Å². The Labute approximate surface area is 44.6 Å². The Morgan fingerprint density at radius 1 is 1.86 bits per heavy atom. The van der Waals surface area contributed by atoms with Gasteiger partial charge in [-0.25, -0.2) is 5.01 Å². The fraction of sp³-hybridized carbons (Fsp3) is 0.600. The van der Waals surface area contributed by atoms with Crippen LogP contribution in [0.25, 0.3) is 0 Å². The molecule has 2 nitrogen and oxygen atoms in total. The number of nitrogens with zero attached hydrogens (tertiary/aromatic N) is 1. The largest absolute Gasteiger partial charge is 0.269 e. The van der Waals surface area contributed by atoms with Crippen molar-refractivity contribution in [2.24, 2.45) is 5.84 Å². The summed E-state index contributed by atoms with van der Waals surface area (Å²) in [6.45, 7) is 7.19. The molecular formula is C5H12N2. The first-order valence-electron chi connectivity index (χ1n) is 2.41. The Morgan fingerprint density at radius 3 is 2.57 bits per heavy atom. The average molecular weight is 100 g/mol. The van der Waals surface area contributed by atoms with Gasteiger partial charge in [-0.15, -0.1) is 6.58 Å². The van der Waals surface area contributed by atoms with Crippen molar-refractivity contribution < 1.29 is 0 Å². The van der Waals surface area contributed by atoms with Crippen molar-refractivity contribution in [1.29, 1.82) is 0 Å². The zero-order valence-electron chi connectivity index (χ0n) is 4.72. The number of likely N-dealkylation sites (N-methyl/N-ethyl adjacent to an activating group) is 1. The molecule has 0 amide bonds. The first-order chi connectivity index (χ1) is 3.31. The van der Waals surface area contributed by atoms with Crippen molar-refractivity contribution in [1.82, 2.24) is 5.01 Å². The summed E-state index contributed by atoms with van der Waals surface area (Å²) in [5.41, 5.74) is 0. The monoisotopic (exact) mass is 100 g/mol. The molecule has 0 aliphatic heterocycles. The number of rotatable bonds is 3. The fourth-order valence-corrected chi connectivity index (χ4v) is 0.295. The predicted octanol–water partition coefficient (Wildman–Crippen LogP) is 0.368. The molecule has 0 rings (SSSR count). The molecule has 42 valence electrons. The van der Waals surface area contributed by atoms with E-state index >= 15 is 0 Å². The Hall–Kier alpha value is -0.340.